The maximum absolute atomic E-state index is 13.8. The van der Waals surface area contributed by atoms with Gasteiger partial charge in [0.2, 0.25) is 21.8 Å². The smallest absolute Gasteiger partial charge is 0.243 e. The molecule has 0 bridgehead atoms. The predicted octanol–water partition coefficient (Wildman–Crippen LogP) is 5.88. The summed E-state index contributed by atoms with van der Waals surface area (Å²) in [6.45, 7) is 4.48. The summed E-state index contributed by atoms with van der Waals surface area (Å²) in [4.78, 5) is 28.7. The molecule has 1 N–H and O–H groups in total. The molecule has 2 amide bonds. The highest BCUT2D eigenvalue weighted by Crippen LogP contribution is 2.25. The summed E-state index contributed by atoms with van der Waals surface area (Å²) in [5.41, 5.74) is 3.21. The molecule has 0 saturated carbocycles. The van der Waals surface area contributed by atoms with Crippen LogP contribution in [0.2, 0.25) is 10.0 Å². The van der Waals surface area contributed by atoms with Crippen LogP contribution in [0.4, 0.5) is 5.69 Å². The number of benzene rings is 3. The molecule has 3 rings (SSSR count). The van der Waals surface area contributed by atoms with Crippen LogP contribution in [-0.4, -0.2) is 50.5 Å². The Bertz CT molecular complexity index is 1420. The molecule has 3 aromatic rings. The van der Waals surface area contributed by atoms with Crippen LogP contribution in [0, 0.1) is 0 Å². The van der Waals surface area contributed by atoms with Crippen molar-refractivity contribution in [3.63, 3.8) is 0 Å². The van der Waals surface area contributed by atoms with E-state index in [4.69, 9.17) is 23.2 Å². The summed E-state index contributed by atoms with van der Waals surface area (Å²) >= 11 is 12.6. The predicted molar refractivity (Wildman–Crippen MR) is 167 cm³/mol. The van der Waals surface area contributed by atoms with Gasteiger partial charge in [-0.2, -0.15) is 0 Å². The molecule has 220 valence electrons. The second-order valence-corrected chi connectivity index (χ2v) is 12.6. The summed E-state index contributed by atoms with van der Waals surface area (Å²) < 4.78 is 26.6. The number of hydrogen-bond acceptors (Lipinski definition) is 4. The highest BCUT2D eigenvalue weighted by Gasteiger charge is 2.30. The first-order valence-electron chi connectivity index (χ1n) is 13.6. The van der Waals surface area contributed by atoms with Gasteiger partial charge in [-0.15, -0.1) is 0 Å². The maximum atomic E-state index is 13.8. The Balaban J connectivity index is 1.88. The third-order valence-electron chi connectivity index (χ3n) is 6.76. The number of likely N-dealkylation sites (N-methyl/N-ethyl adjacent to an activating group) is 1. The van der Waals surface area contributed by atoms with E-state index >= 15 is 0 Å². The van der Waals surface area contributed by atoms with Crippen molar-refractivity contribution in [3.05, 3.63) is 99.5 Å². The Morgan fingerprint density at radius 1 is 0.927 bits per heavy atom. The van der Waals surface area contributed by atoms with Crippen molar-refractivity contribution in [2.24, 2.45) is 0 Å². The van der Waals surface area contributed by atoms with Crippen LogP contribution in [-0.2, 0) is 39.0 Å². The van der Waals surface area contributed by atoms with Crippen LogP contribution in [0.5, 0.6) is 0 Å². The minimum Gasteiger partial charge on any atom is -0.355 e. The number of carbonyl (C=O) groups excluding carboxylic acids is 2. The lowest BCUT2D eigenvalue weighted by Gasteiger charge is -2.32. The molecular weight excluding hydrogens is 581 g/mol. The number of aryl methyl sites for hydroxylation is 1. The summed E-state index contributed by atoms with van der Waals surface area (Å²) in [5, 5.41) is 3.72. The highest BCUT2D eigenvalue weighted by molar-refractivity contribution is 7.92. The van der Waals surface area contributed by atoms with E-state index in [1.54, 1.807) is 30.3 Å². The topological polar surface area (TPSA) is 86.8 Å². The third kappa shape index (κ3) is 9.48. The first kappa shape index (κ1) is 32.4. The number of anilines is 1. The number of sulfonamides is 1. The van der Waals surface area contributed by atoms with E-state index in [0.29, 0.717) is 34.3 Å². The Morgan fingerprint density at radius 3 is 2.20 bits per heavy atom. The lowest BCUT2D eigenvalue weighted by molar-refractivity contribution is -0.141. The van der Waals surface area contributed by atoms with Gasteiger partial charge in [-0.05, 0) is 60.7 Å². The number of carbonyl (C=O) groups is 2. The standard InChI is InChI=1S/C31H37Cl2N3O4S/c1-4-23-13-17-27(18-14-23)36(41(3,39)40)19-9-12-30(37)35(22-25-15-16-26(32)21-28(25)33)29(31(38)34-5-2)20-24-10-7-6-8-11-24/h6-8,10-11,13-18,21,29H,4-5,9,12,19-20,22H2,1-3H3,(H,34,38)/t29-/m0/s1. The van der Waals surface area contributed by atoms with E-state index < -0.39 is 16.1 Å². The molecule has 0 unspecified atom stereocenters. The Hall–Kier alpha value is -3.07. The molecule has 0 radical (unpaired) electrons. The molecule has 0 aliphatic heterocycles. The lowest BCUT2D eigenvalue weighted by Crippen LogP contribution is -2.50. The molecule has 0 aromatic heterocycles. The number of amides is 2. The first-order valence-corrected chi connectivity index (χ1v) is 16.3. The fourth-order valence-corrected chi connectivity index (χ4v) is 6.01. The van der Waals surface area contributed by atoms with Gasteiger partial charge in [-0.1, -0.05) is 78.7 Å². The Labute approximate surface area is 253 Å². The Morgan fingerprint density at radius 2 is 1.61 bits per heavy atom. The van der Waals surface area contributed by atoms with E-state index in [1.807, 2.05) is 56.3 Å². The SMILES string of the molecule is CCNC(=O)[C@H](Cc1ccccc1)N(Cc1ccc(Cl)cc1Cl)C(=O)CCCN(c1ccc(CC)cc1)S(C)(=O)=O. The molecular formula is C31H37Cl2N3O4S. The average Bonchev–Trinajstić information content (AvgIpc) is 2.94. The van der Waals surface area contributed by atoms with Gasteiger partial charge in [0, 0.05) is 42.5 Å². The van der Waals surface area contributed by atoms with E-state index in [0.717, 1.165) is 23.8 Å². The molecule has 0 fully saturated rings. The van der Waals surface area contributed by atoms with Crippen LogP contribution in [0.1, 0.15) is 43.4 Å². The van der Waals surface area contributed by atoms with E-state index in [2.05, 4.69) is 5.32 Å². The summed E-state index contributed by atoms with van der Waals surface area (Å²) in [6.07, 6.45) is 2.61. The van der Waals surface area contributed by atoms with Crippen molar-refractivity contribution in [1.29, 1.82) is 0 Å². The molecule has 0 spiro atoms. The molecule has 0 heterocycles. The second-order valence-electron chi connectivity index (χ2n) is 9.82. The minimum atomic E-state index is -3.58. The minimum absolute atomic E-state index is 0.0367. The van der Waals surface area contributed by atoms with Crippen molar-refractivity contribution in [2.45, 2.75) is 52.1 Å². The van der Waals surface area contributed by atoms with Gasteiger partial charge < -0.3 is 10.2 Å². The number of rotatable bonds is 14. The van der Waals surface area contributed by atoms with Crippen molar-refractivity contribution >= 4 is 50.7 Å². The van der Waals surface area contributed by atoms with Gasteiger partial charge in [-0.3, -0.25) is 13.9 Å². The van der Waals surface area contributed by atoms with Gasteiger partial charge in [0.25, 0.3) is 0 Å². The number of nitrogens with one attached hydrogen (secondary N) is 1. The molecule has 7 nitrogen and oxygen atoms in total. The van der Waals surface area contributed by atoms with Crippen molar-refractivity contribution in [2.75, 3.05) is 23.7 Å². The fraction of sp³-hybridized carbons (Fsp3) is 0.355. The number of hydrogen-bond donors (Lipinski definition) is 1. The van der Waals surface area contributed by atoms with Crippen LogP contribution in [0.25, 0.3) is 0 Å². The molecule has 0 saturated heterocycles. The summed E-state index contributed by atoms with van der Waals surface area (Å²) in [5.74, 6) is -0.554. The highest BCUT2D eigenvalue weighted by atomic mass is 35.5. The van der Waals surface area contributed by atoms with Crippen molar-refractivity contribution in [1.82, 2.24) is 10.2 Å². The van der Waals surface area contributed by atoms with Crippen LogP contribution in [0.3, 0.4) is 0 Å². The lowest BCUT2D eigenvalue weighted by atomic mass is 10.0. The molecule has 0 aliphatic carbocycles. The molecule has 10 heteroatoms. The number of nitrogens with zero attached hydrogens (tertiary/aromatic N) is 2. The zero-order chi connectivity index (χ0) is 30.0. The van der Waals surface area contributed by atoms with Crippen LogP contribution < -0.4 is 9.62 Å². The molecule has 1 atom stereocenters. The second kappa shape index (κ2) is 15.2. The van der Waals surface area contributed by atoms with E-state index in [9.17, 15) is 18.0 Å². The van der Waals surface area contributed by atoms with Crippen molar-refractivity contribution in [3.8, 4) is 0 Å². The molecule has 41 heavy (non-hydrogen) atoms. The van der Waals surface area contributed by atoms with Gasteiger partial charge in [0.1, 0.15) is 6.04 Å². The quantitative estimate of drug-likeness (QED) is 0.245. The van der Waals surface area contributed by atoms with Gasteiger partial charge in [0.05, 0.1) is 11.9 Å². The van der Waals surface area contributed by atoms with Crippen LogP contribution in [0.15, 0.2) is 72.8 Å². The summed E-state index contributed by atoms with van der Waals surface area (Å²) in [6, 6.07) is 21.1. The first-order chi connectivity index (χ1) is 19.5. The van der Waals surface area contributed by atoms with Gasteiger partial charge in [-0.25, -0.2) is 8.42 Å². The molecule has 3 aromatic carbocycles. The molecule has 0 aliphatic rings. The van der Waals surface area contributed by atoms with Gasteiger partial charge >= 0.3 is 0 Å². The average molecular weight is 619 g/mol. The summed E-state index contributed by atoms with van der Waals surface area (Å²) in [7, 11) is -3.58. The monoisotopic (exact) mass is 617 g/mol. The number of halogens is 2. The maximum Gasteiger partial charge on any atom is 0.243 e. The Kier molecular flexibility index (Phi) is 12.1. The normalized spacial score (nSPS) is 12.0. The third-order valence-corrected chi connectivity index (χ3v) is 8.54. The van der Waals surface area contributed by atoms with E-state index in [-0.39, 0.29) is 37.7 Å². The van der Waals surface area contributed by atoms with Crippen molar-refractivity contribution < 1.29 is 18.0 Å². The zero-order valence-corrected chi connectivity index (χ0v) is 26.0. The van der Waals surface area contributed by atoms with Gasteiger partial charge in [0.15, 0.2) is 0 Å². The zero-order valence-electron chi connectivity index (χ0n) is 23.6. The van der Waals surface area contributed by atoms with Crippen LogP contribution >= 0.6 is 23.2 Å². The largest absolute Gasteiger partial charge is 0.355 e. The van der Waals surface area contributed by atoms with E-state index in [1.165, 1.54) is 9.21 Å². The fourth-order valence-electron chi connectivity index (χ4n) is 4.58.